The van der Waals surface area contributed by atoms with Crippen LogP contribution in [-0.2, 0) is 14.8 Å². The normalized spacial score (nSPS) is 15.5. The van der Waals surface area contributed by atoms with Gasteiger partial charge in [0.15, 0.2) is 0 Å². The standard InChI is InChI=1S/C18H18ClFN2O4S/c1-12-2-4-14(19)11-16(12)21-18(23)13-3-5-15(20)17(10-13)27(24,25)22-6-8-26-9-7-22/h2-5,10-11H,6-9H2,1H3,(H,21,23). The Morgan fingerprint density at radius 3 is 2.59 bits per heavy atom. The molecule has 1 aliphatic heterocycles. The third kappa shape index (κ3) is 4.30. The number of carbonyl (C=O) groups is 1. The lowest BCUT2D eigenvalue weighted by Gasteiger charge is -2.26. The van der Waals surface area contributed by atoms with Crippen LogP contribution in [0.4, 0.5) is 10.1 Å². The molecule has 9 heteroatoms. The van der Waals surface area contributed by atoms with Crippen molar-refractivity contribution in [3.05, 3.63) is 58.4 Å². The molecule has 27 heavy (non-hydrogen) atoms. The number of sulfonamides is 1. The van der Waals surface area contributed by atoms with Crippen molar-refractivity contribution < 1.29 is 22.3 Å². The Morgan fingerprint density at radius 2 is 1.89 bits per heavy atom. The van der Waals surface area contributed by atoms with Crippen molar-refractivity contribution in [1.29, 1.82) is 0 Å². The molecule has 1 saturated heterocycles. The minimum Gasteiger partial charge on any atom is -0.379 e. The lowest BCUT2D eigenvalue weighted by atomic mass is 10.1. The van der Waals surface area contributed by atoms with Gasteiger partial charge < -0.3 is 10.1 Å². The molecule has 0 bridgehead atoms. The molecule has 6 nitrogen and oxygen atoms in total. The molecule has 1 fully saturated rings. The van der Waals surface area contributed by atoms with Crippen molar-refractivity contribution in [2.75, 3.05) is 31.6 Å². The molecule has 0 saturated carbocycles. The molecule has 0 radical (unpaired) electrons. The van der Waals surface area contributed by atoms with Gasteiger partial charge in [-0.1, -0.05) is 17.7 Å². The number of hydrogen-bond donors (Lipinski definition) is 1. The van der Waals surface area contributed by atoms with Gasteiger partial charge >= 0.3 is 0 Å². The molecule has 144 valence electrons. The van der Waals surface area contributed by atoms with Crippen molar-refractivity contribution in [2.45, 2.75) is 11.8 Å². The third-order valence-corrected chi connectivity index (χ3v) is 6.38. The monoisotopic (exact) mass is 412 g/mol. The van der Waals surface area contributed by atoms with E-state index in [9.17, 15) is 17.6 Å². The van der Waals surface area contributed by atoms with Crippen LogP contribution in [0, 0.1) is 12.7 Å². The first-order valence-electron chi connectivity index (χ1n) is 8.24. The summed E-state index contributed by atoms with van der Waals surface area (Å²) in [6, 6.07) is 8.30. The third-order valence-electron chi connectivity index (χ3n) is 4.23. The van der Waals surface area contributed by atoms with Crippen LogP contribution < -0.4 is 5.32 Å². The van der Waals surface area contributed by atoms with Crippen LogP contribution in [0.1, 0.15) is 15.9 Å². The summed E-state index contributed by atoms with van der Waals surface area (Å²) in [5.41, 5.74) is 1.31. The topological polar surface area (TPSA) is 75.7 Å². The number of halogens is 2. The molecule has 1 aliphatic rings. The van der Waals surface area contributed by atoms with Crippen LogP contribution in [0.3, 0.4) is 0 Å². The summed E-state index contributed by atoms with van der Waals surface area (Å²) in [5.74, 6) is -1.46. The molecule has 3 rings (SSSR count). The Labute approximate surface area is 161 Å². The number of hydrogen-bond acceptors (Lipinski definition) is 4. The van der Waals surface area contributed by atoms with E-state index in [2.05, 4.69) is 5.32 Å². The second-order valence-corrected chi connectivity index (χ2v) is 8.42. The van der Waals surface area contributed by atoms with Crippen molar-refractivity contribution in [1.82, 2.24) is 4.31 Å². The van der Waals surface area contributed by atoms with Gasteiger partial charge in [0.1, 0.15) is 10.7 Å². The Kier molecular flexibility index (Phi) is 5.81. The molecule has 1 heterocycles. The number of morpholine rings is 1. The molecule has 0 atom stereocenters. The summed E-state index contributed by atoms with van der Waals surface area (Å²) in [7, 11) is -4.06. The minimum absolute atomic E-state index is 0.0302. The first-order chi connectivity index (χ1) is 12.8. The minimum atomic E-state index is -4.06. The summed E-state index contributed by atoms with van der Waals surface area (Å²) in [6.07, 6.45) is 0. The molecular weight excluding hydrogens is 395 g/mol. The van der Waals surface area contributed by atoms with Gasteiger partial charge in [-0.15, -0.1) is 0 Å². The zero-order valence-electron chi connectivity index (χ0n) is 14.5. The maximum Gasteiger partial charge on any atom is 0.255 e. The van der Waals surface area contributed by atoms with Crippen molar-refractivity contribution in [2.24, 2.45) is 0 Å². The van der Waals surface area contributed by atoms with Gasteiger partial charge in [-0.2, -0.15) is 4.31 Å². The van der Waals surface area contributed by atoms with E-state index < -0.39 is 26.6 Å². The fourth-order valence-electron chi connectivity index (χ4n) is 2.69. The SMILES string of the molecule is Cc1ccc(Cl)cc1NC(=O)c1ccc(F)c(S(=O)(=O)N2CCOCC2)c1. The Balaban J connectivity index is 1.90. The lowest BCUT2D eigenvalue weighted by Crippen LogP contribution is -2.41. The number of ether oxygens (including phenoxy) is 1. The summed E-state index contributed by atoms with van der Waals surface area (Å²) in [6.45, 7) is 2.56. The van der Waals surface area contributed by atoms with Crippen molar-refractivity contribution in [3.8, 4) is 0 Å². The highest BCUT2D eigenvalue weighted by molar-refractivity contribution is 7.89. The number of nitrogens with zero attached hydrogens (tertiary/aromatic N) is 1. The number of anilines is 1. The van der Waals surface area contributed by atoms with E-state index in [1.165, 1.54) is 6.07 Å². The fourth-order valence-corrected chi connectivity index (χ4v) is 4.36. The molecule has 1 amide bonds. The quantitative estimate of drug-likeness (QED) is 0.837. The highest BCUT2D eigenvalue weighted by atomic mass is 35.5. The molecule has 0 aromatic heterocycles. The first kappa shape index (κ1) is 19.8. The highest BCUT2D eigenvalue weighted by Gasteiger charge is 2.29. The van der Waals surface area contributed by atoms with Gasteiger partial charge in [0.05, 0.1) is 13.2 Å². The largest absolute Gasteiger partial charge is 0.379 e. The Hall–Kier alpha value is -2.00. The van der Waals surface area contributed by atoms with Gasteiger partial charge in [0.25, 0.3) is 5.91 Å². The zero-order chi connectivity index (χ0) is 19.6. The molecule has 0 aliphatic carbocycles. The number of benzene rings is 2. The molecule has 1 N–H and O–H groups in total. The molecule has 0 unspecified atom stereocenters. The summed E-state index contributed by atoms with van der Waals surface area (Å²) in [5, 5.41) is 3.12. The van der Waals surface area contributed by atoms with E-state index in [4.69, 9.17) is 16.3 Å². The average molecular weight is 413 g/mol. The van der Waals surface area contributed by atoms with Gasteiger partial charge in [-0.3, -0.25) is 4.79 Å². The number of nitrogens with one attached hydrogen (secondary N) is 1. The fraction of sp³-hybridized carbons (Fsp3) is 0.278. The Bertz CT molecular complexity index is 975. The molecular formula is C18H18ClFN2O4S. The van der Waals surface area contributed by atoms with Crippen LogP contribution in [-0.4, -0.2) is 44.9 Å². The summed E-state index contributed by atoms with van der Waals surface area (Å²) < 4.78 is 46.0. The predicted octanol–water partition coefficient (Wildman–Crippen LogP) is 3.06. The smallest absolute Gasteiger partial charge is 0.255 e. The Morgan fingerprint density at radius 1 is 1.19 bits per heavy atom. The van der Waals surface area contributed by atoms with Crippen LogP contribution >= 0.6 is 11.6 Å². The predicted molar refractivity (Wildman–Crippen MR) is 100 cm³/mol. The average Bonchev–Trinajstić information content (AvgIpc) is 2.65. The van der Waals surface area contributed by atoms with Gasteiger partial charge in [0.2, 0.25) is 10.0 Å². The maximum atomic E-state index is 14.2. The van der Waals surface area contributed by atoms with Crippen LogP contribution in [0.5, 0.6) is 0 Å². The van der Waals surface area contributed by atoms with Crippen molar-refractivity contribution in [3.63, 3.8) is 0 Å². The van der Waals surface area contributed by atoms with Crippen LogP contribution in [0.15, 0.2) is 41.3 Å². The van der Waals surface area contributed by atoms with E-state index in [1.807, 2.05) is 0 Å². The first-order valence-corrected chi connectivity index (χ1v) is 10.1. The lowest BCUT2D eigenvalue weighted by molar-refractivity contribution is 0.0729. The van der Waals surface area contributed by atoms with Gasteiger partial charge in [-0.25, -0.2) is 12.8 Å². The van der Waals surface area contributed by atoms with Crippen LogP contribution in [0.25, 0.3) is 0 Å². The summed E-state index contributed by atoms with van der Waals surface area (Å²) >= 11 is 5.94. The number of aryl methyl sites for hydroxylation is 1. The molecule has 2 aromatic rings. The number of rotatable bonds is 4. The van der Waals surface area contributed by atoms with Crippen LogP contribution in [0.2, 0.25) is 5.02 Å². The molecule has 2 aromatic carbocycles. The van der Waals surface area contributed by atoms with E-state index in [0.29, 0.717) is 10.7 Å². The number of carbonyl (C=O) groups excluding carboxylic acids is 1. The second kappa shape index (κ2) is 7.93. The summed E-state index contributed by atoms with van der Waals surface area (Å²) in [4.78, 5) is 12.0. The number of amides is 1. The van der Waals surface area contributed by atoms with E-state index in [1.54, 1.807) is 25.1 Å². The van der Waals surface area contributed by atoms with E-state index in [-0.39, 0.29) is 31.9 Å². The maximum absolute atomic E-state index is 14.2. The van der Waals surface area contributed by atoms with Gasteiger partial charge in [-0.05, 0) is 42.8 Å². The second-order valence-electron chi connectivity index (χ2n) is 6.08. The van der Waals surface area contributed by atoms with Gasteiger partial charge in [0, 0.05) is 29.4 Å². The van der Waals surface area contributed by atoms with Crippen molar-refractivity contribution >= 4 is 33.2 Å². The van der Waals surface area contributed by atoms with E-state index in [0.717, 1.165) is 22.0 Å². The zero-order valence-corrected chi connectivity index (χ0v) is 16.1. The highest BCUT2D eigenvalue weighted by Crippen LogP contribution is 2.24. The van der Waals surface area contributed by atoms with E-state index >= 15 is 0 Å². The molecule has 0 spiro atoms.